The molecule has 5 heteroatoms. The largest absolute Gasteiger partial charge is 0.478 e. The summed E-state index contributed by atoms with van der Waals surface area (Å²) in [6, 6.07) is 10.0. The molecule has 0 atom stereocenters. The minimum atomic E-state index is -0.912. The van der Waals surface area contributed by atoms with Crippen LogP contribution in [0.5, 0.6) is 0 Å². The summed E-state index contributed by atoms with van der Waals surface area (Å²) in [5.41, 5.74) is 3.49. The van der Waals surface area contributed by atoms with Gasteiger partial charge in [0.05, 0.1) is 10.6 Å². The maximum atomic E-state index is 13.2. The van der Waals surface area contributed by atoms with E-state index < -0.39 is 11.8 Å². The molecule has 1 N–H and O–H groups in total. The SMILES string of the molecule is O=C(O)c1ccc2c(c1)CN(Cc1ccc(F)c(Cl)c1)CC2. The minimum Gasteiger partial charge on any atom is -0.478 e. The number of aromatic carboxylic acids is 1. The molecule has 0 fully saturated rings. The zero-order valence-electron chi connectivity index (χ0n) is 11.9. The third-order valence-electron chi connectivity index (χ3n) is 3.93. The molecular weight excluding hydrogens is 305 g/mol. The van der Waals surface area contributed by atoms with Crippen LogP contribution >= 0.6 is 11.6 Å². The van der Waals surface area contributed by atoms with E-state index in [2.05, 4.69) is 4.90 Å². The van der Waals surface area contributed by atoms with Crippen LogP contribution in [-0.2, 0) is 19.5 Å². The van der Waals surface area contributed by atoms with E-state index in [-0.39, 0.29) is 5.02 Å². The van der Waals surface area contributed by atoms with Crippen LogP contribution in [0.3, 0.4) is 0 Å². The van der Waals surface area contributed by atoms with E-state index in [1.165, 1.54) is 11.6 Å². The molecule has 0 saturated carbocycles. The molecule has 0 bridgehead atoms. The van der Waals surface area contributed by atoms with E-state index >= 15 is 0 Å². The van der Waals surface area contributed by atoms with Crippen molar-refractivity contribution in [3.05, 3.63) is 69.5 Å². The maximum Gasteiger partial charge on any atom is 0.335 e. The highest BCUT2D eigenvalue weighted by Gasteiger charge is 2.18. The van der Waals surface area contributed by atoms with Gasteiger partial charge in [0.2, 0.25) is 0 Å². The molecule has 22 heavy (non-hydrogen) atoms. The Kier molecular flexibility index (Phi) is 4.14. The van der Waals surface area contributed by atoms with Crippen molar-refractivity contribution in [2.75, 3.05) is 6.54 Å². The Balaban J connectivity index is 1.77. The predicted octanol–water partition coefficient (Wildman–Crippen LogP) is 3.74. The highest BCUT2D eigenvalue weighted by Crippen LogP contribution is 2.23. The standard InChI is InChI=1S/C17H15ClFNO2/c18-15-7-11(1-4-16(15)19)9-20-6-5-12-2-3-13(17(21)22)8-14(12)10-20/h1-4,7-8H,5-6,9-10H2,(H,21,22). The second-order valence-corrected chi connectivity index (χ2v) is 5.90. The number of halogens is 2. The quantitative estimate of drug-likeness (QED) is 0.937. The highest BCUT2D eigenvalue weighted by atomic mass is 35.5. The van der Waals surface area contributed by atoms with E-state index in [1.807, 2.05) is 6.07 Å². The second kappa shape index (κ2) is 6.07. The molecular formula is C17H15ClFNO2. The average Bonchev–Trinajstić information content (AvgIpc) is 2.50. The third kappa shape index (κ3) is 3.13. The lowest BCUT2D eigenvalue weighted by Crippen LogP contribution is -2.30. The molecule has 2 aromatic rings. The van der Waals surface area contributed by atoms with Crippen molar-refractivity contribution in [3.8, 4) is 0 Å². The molecule has 0 radical (unpaired) electrons. The zero-order chi connectivity index (χ0) is 15.7. The number of carboxylic acids is 1. The molecule has 0 saturated heterocycles. The van der Waals surface area contributed by atoms with Gasteiger partial charge in [-0.25, -0.2) is 9.18 Å². The summed E-state index contributed by atoms with van der Waals surface area (Å²) in [5, 5.41) is 9.21. The first-order chi connectivity index (χ1) is 10.5. The number of benzene rings is 2. The molecule has 1 heterocycles. The van der Waals surface area contributed by atoms with Crippen LogP contribution in [0.15, 0.2) is 36.4 Å². The molecule has 0 aliphatic carbocycles. The third-order valence-corrected chi connectivity index (χ3v) is 4.22. The van der Waals surface area contributed by atoms with Crippen molar-refractivity contribution in [1.82, 2.24) is 4.90 Å². The molecule has 0 unspecified atom stereocenters. The number of carboxylic acid groups (broad SMARTS) is 1. The van der Waals surface area contributed by atoms with Gasteiger partial charge < -0.3 is 5.11 Å². The number of rotatable bonds is 3. The Hall–Kier alpha value is -1.91. The van der Waals surface area contributed by atoms with Crippen LogP contribution in [0.2, 0.25) is 5.02 Å². The van der Waals surface area contributed by atoms with E-state index in [0.717, 1.165) is 24.1 Å². The fourth-order valence-corrected chi connectivity index (χ4v) is 2.98. The number of hydrogen-bond donors (Lipinski definition) is 1. The van der Waals surface area contributed by atoms with Gasteiger partial charge in [-0.3, -0.25) is 4.90 Å². The highest BCUT2D eigenvalue weighted by molar-refractivity contribution is 6.30. The van der Waals surface area contributed by atoms with Crippen LogP contribution in [0.1, 0.15) is 27.0 Å². The summed E-state index contributed by atoms with van der Waals surface area (Å²) < 4.78 is 13.2. The molecule has 0 spiro atoms. The Morgan fingerprint density at radius 1 is 1.23 bits per heavy atom. The van der Waals surface area contributed by atoms with Crippen molar-refractivity contribution < 1.29 is 14.3 Å². The van der Waals surface area contributed by atoms with Gasteiger partial charge in [0.25, 0.3) is 0 Å². The zero-order valence-corrected chi connectivity index (χ0v) is 12.6. The molecule has 3 nitrogen and oxygen atoms in total. The number of carbonyl (C=O) groups is 1. The molecule has 2 aromatic carbocycles. The van der Waals surface area contributed by atoms with Crippen LogP contribution in [0.25, 0.3) is 0 Å². The Morgan fingerprint density at radius 3 is 2.77 bits per heavy atom. The Morgan fingerprint density at radius 2 is 2.05 bits per heavy atom. The molecule has 114 valence electrons. The number of hydrogen-bond acceptors (Lipinski definition) is 2. The molecule has 0 aromatic heterocycles. The minimum absolute atomic E-state index is 0.128. The van der Waals surface area contributed by atoms with Gasteiger partial charge in [-0.2, -0.15) is 0 Å². The summed E-state index contributed by atoms with van der Waals surface area (Å²) in [6.45, 7) is 2.23. The lowest BCUT2D eigenvalue weighted by molar-refractivity contribution is 0.0696. The van der Waals surface area contributed by atoms with E-state index in [1.54, 1.807) is 24.3 Å². The summed E-state index contributed by atoms with van der Waals surface area (Å²) in [6.07, 6.45) is 0.879. The summed E-state index contributed by atoms with van der Waals surface area (Å²) >= 11 is 5.81. The predicted molar refractivity (Wildman–Crippen MR) is 82.6 cm³/mol. The first-order valence-electron chi connectivity index (χ1n) is 7.04. The molecule has 1 aliphatic rings. The lowest BCUT2D eigenvalue weighted by atomic mass is 9.97. The van der Waals surface area contributed by atoms with Crippen LogP contribution in [-0.4, -0.2) is 22.5 Å². The second-order valence-electron chi connectivity index (χ2n) is 5.50. The van der Waals surface area contributed by atoms with Gasteiger partial charge in [0, 0.05) is 19.6 Å². The first kappa shape index (κ1) is 15.0. The van der Waals surface area contributed by atoms with E-state index in [9.17, 15) is 9.18 Å². The summed E-state index contributed by atoms with van der Waals surface area (Å²) in [5.74, 6) is -1.33. The van der Waals surface area contributed by atoms with Gasteiger partial charge >= 0.3 is 5.97 Å². The van der Waals surface area contributed by atoms with Crippen molar-refractivity contribution in [2.45, 2.75) is 19.5 Å². The summed E-state index contributed by atoms with van der Waals surface area (Å²) in [4.78, 5) is 13.3. The van der Waals surface area contributed by atoms with E-state index in [0.29, 0.717) is 18.7 Å². The molecule has 3 rings (SSSR count). The lowest BCUT2D eigenvalue weighted by Gasteiger charge is -2.29. The maximum absolute atomic E-state index is 13.2. The Bertz CT molecular complexity index is 733. The number of nitrogens with zero attached hydrogens (tertiary/aromatic N) is 1. The molecule has 1 aliphatic heterocycles. The summed E-state index contributed by atoms with van der Waals surface area (Å²) in [7, 11) is 0. The first-order valence-corrected chi connectivity index (χ1v) is 7.42. The fourth-order valence-electron chi connectivity index (χ4n) is 2.78. The van der Waals surface area contributed by atoms with Crippen molar-refractivity contribution in [1.29, 1.82) is 0 Å². The van der Waals surface area contributed by atoms with Gasteiger partial charge in [0.1, 0.15) is 5.82 Å². The van der Waals surface area contributed by atoms with E-state index in [4.69, 9.17) is 16.7 Å². The van der Waals surface area contributed by atoms with Crippen LogP contribution < -0.4 is 0 Å². The normalized spacial score (nSPS) is 14.6. The Labute approximate surface area is 132 Å². The fraction of sp³-hybridized carbons (Fsp3) is 0.235. The van der Waals surface area contributed by atoms with Crippen LogP contribution in [0.4, 0.5) is 4.39 Å². The van der Waals surface area contributed by atoms with Gasteiger partial charge in [-0.05, 0) is 47.4 Å². The van der Waals surface area contributed by atoms with Crippen molar-refractivity contribution >= 4 is 17.6 Å². The topological polar surface area (TPSA) is 40.5 Å². The van der Waals surface area contributed by atoms with Crippen LogP contribution in [0, 0.1) is 5.82 Å². The van der Waals surface area contributed by atoms with Gasteiger partial charge in [0.15, 0.2) is 0 Å². The van der Waals surface area contributed by atoms with Gasteiger partial charge in [-0.15, -0.1) is 0 Å². The monoisotopic (exact) mass is 319 g/mol. The van der Waals surface area contributed by atoms with Gasteiger partial charge in [-0.1, -0.05) is 23.7 Å². The average molecular weight is 320 g/mol. The number of fused-ring (bicyclic) bond motifs is 1. The van der Waals surface area contributed by atoms with Crippen molar-refractivity contribution in [3.63, 3.8) is 0 Å². The smallest absolute Gasteiger partial charge is 0.335 e. The van der Waals surface area contributed by atoms with Crippen molar-refractivity contribution in [2.24, 2.45) is 0 Å². The molecule has 0 amide bonds.